The summed E-state index contributed by atoms with van der Waals surface area (Å²) in [5.41, 5.74) is 8.58. The molecule has 0 aliphatic heterocycles. The van der Waals surface area contributed by atoms with E-state index in [0.717, 1.165) is 11.1 Å². The Morgan fingerprint density at radius 2 is 2.38 bits per heavy atom. The molecule has 0 amide bonds. The van der Waals surface area contributed by atoms with Crippen LogP contribution < -0.4 is 5.73 Å². The summed E-state index contributed by atoms with van der Waals surface area (Å²) in [5, 5.41) is 0. The summed E-state index contributed by atoms with van der Waals surface area (Å²) in [4.78, 5) is 7.84. The van der Waals surface area contributed by atoms with E-state index in [1.54, 1.807) is 31.7 Å². The fraction of sp³-hybridized carbons (Fsp3) is 0.200. The van der Waals surface area contributed by atoms with Gasteiger partial charge in [-0.2, -0.15) is 0 Å². The molecule has 0 unspecified atom stereocenters. The van der Waals surface area contributed by atoms with Gasteiger partial charge in [0.05, 0.1) is 0 Å². The molecule has 13 heavy (non-hydrogen) atoms. The second kappa shape index (κ2) is 4.40. The van der Waals surface area contributed by atoms with Gasteiger partial charge in [-0.25, -0.2) is 0 Å². The van der Waals surface area contributed by atoms with E-state index in [2.05, 4.69) is 9.98 Å². The zero-order valence-electron chi connectivity index (χ0n) is 7.86. The van der Waals surface area contributed by atoms with Crippen LogP contribution in [0.25, 0.3) is 5.70 Å². The van der Waals surface area contributed by atoms with Crippen LogP contribution in [0.15, 0.2) is 29.5 Å². The third-order valence-electron chi connectivity index (χ3n) is 1.75. The van der Waals surface area contributed by atoms with Crippen molar-refractivity contribution in [2.24, 2.45) is 10.7 Å². The predicted molar refractivity (Wildman–Crippen MR) is 55.6 cm³/mol. The molecule has 0 fully saturated rings. The van der Waals surface area contributed by atoms with Crippen LogP contribution in [0.5, 0.6) is 0 Å². The molecule has 0 bridgehead atoms. The Bertz CT molecular complexity index is 340. The van der Waals surface area contributed by atoms with Gasteiger partial charge in [0.25, 0.3) is 0 Å². The molecule has 0 aromatic carbocycles. The lowest BCUT2D eigenvalue weighted by Crippen LogP contribution is -1.99. The van der Waals surface area contributed by atoms with Crippen molar-refractivity contribution in [3.63, 3.8) is 0 Å². The number of hydrogen-bond donors (Lipinski definition) is 1. The second-order valence-electron chi connectivity index (χ2n) is 2.72. The highest BCUT2D eigenvalue weighted by atomic mass is 14.7. The van der Waals surface area contributed by atoms with Crippen molar-refractivity contribution in [2.75, 3.05) is 7.05 Å². The van der Waals surface area contributed by atoms with Crippen LogP contribution >= 0.6 is 0 Å². The zero-order valence-corrected chi connectivity index (χ0v) is 7.86. The average Bonchev–Trinajstić information content (AvgIpc) is 2.15. The maximum atomic E-state index is 5.81. The number of aromatic nitrogens is 1. The molecular formula is C10H13N3. The van der Waals surface area contributed by atoms with Crippen LogP contribution in [0.1, 0.15) is 11.1 Å². The van der Waals surface area contributed by atoms with Crippen LogP contribution in [-0.4, -0.2) is 18.2 Å². The van der Waals surface area contributed by atoms with E-state index in [0.29, 0.717) is 5.70 Å². The molecule has 1 aromatic heterocycles. The molecule has 68 valence electrons. The highest BCUT2D eigenvalue weighted by Crippen LogP contribution is 2.11. The van der Waals surface area contributed by atoms with Gasteiger partial charge in [0.15, 0.2) is 0 Å². The van der Waals surface area contributed by atoms with E-state index in [4.69, 9.17) is 5.73 Å². The van der Waals surface area contributed by atoms with Gasteiger partial charge in [0.1, 0.15) is 0 Å². The fourth-order valence-electron chi connectivity index (χ4n) is 1.01. The van der Waals surface area contributed by atoms with Crippen molar-refractivity contribution < 1.29 is 0 Å². The third kappa shape index (κ3) is 2.40. The van der Waals surface area contributed by atoms with E-state index < -0.39 is 0 Å². The molecule has 0 atom stereocenters. The Balaban J connectivity index is 3.01. The number of aryl methyl sites for hydroxylation is 1. The zero-order chi connectivity index (χ0) is 9.68. The lowest BCUT2D eigenvalue weighted by atomic mass is 10.1. The maximum Gasteiger partial charge on any atom is 0.0421 e. The third-order valence-corrected chi connectivity index (χ3v) is 1.75. The molecule has 0 aliphatic carbocycles. The monoisotopic (exact) mass is 175 g/mol. The van der Waals surface area contributed by atoms with Crippen LogP contribution in [-0.2, 0) is 0 Å². The predicted octanol–water partition coefficient (Wildman–Crippen LogP) is 1.39. The summed E-state index contributed by atoms with van der Waals surface area (Å²) in [6.45, 7) is 2.00. The molecule has 1 aromatic rings. The van der Waals surface area contributed by atoms with E-state index in [1.807, 2.05) is 13.0 Å². The normalized spacial score (nSPS) is 12.3. The van der Waals surface area contributed by atoms with Gasteiger partial charge in [0.2, 0.25) is 0 Å². The van der Waals surface area contributed by atoms with Gasteiger partial charge < -0.3 is 5.73 Å². The molecular weight excluding hydrogens is 162 g/mol. The number of nitrogens with two attached hydrogens (primary N) is 1. The topological polar surface area (TPSA) is 51.3 Å². The fourth-order valence-corrected chi connectivity index (χ4v) is 1.01. The quantitative estimate of drug-likeness (QED) is 0.690. The number of aliphatic imine (C=N–C) groups is 1. The first-order valence-electron chi connectivity index (χ1n) is 4.04. The SMILES string of the molecule is CN=CC=C(N)c1cnccc1C. The first-order chi connectivity index (χ1) is 6.25. The molecule has 2 N–H and O–H groups in total. The van der Waals surface area contributed by atoms with Gasteiger partial charge >= 0.3 is 0 Å². The van der Waals surface area contributed by atoms with Crippen molar-refractivity contribution in [2.45, 2.75) is 6.92 Å². The first kappa shape index (κ1) is 9.45. The summed E-state index contributed by atoms with van der Waals surface area (Å²) >= 11 is 0. The van der Waals surface area contributed by atoms with Gasteiger partial charge in [-0.05, 0) is 24.6 Å². The lowest BCUT2D eigenvalue weighted by molar-refractivity contribution is 1.25. The summed E-state index contributed by atoms with van der Waals surface area (Å²) in [6.07, 6.45) is 6.94. The van der Waals surface area contributed by atoms with E-state index in [1.165, 1.54) is 0 Å². The largest absolute Gasteiger partial charge is 0.398 e. The van der Waals surface area contributed by atoms with E-state index in [-0.39, 0.29) is 0 Å². The number of nitrogens with zero attached hydrogens (tertiary/aromatic N) is 2. The first-order valence-corrected chi connectivity index (χ1v) is 4.04. The standard InChI is InChI=1S/C10H13N3/c1-8-3-6-13-7-9(8)10(11)4-5-12-2/h3-7H,11H2,1-2H3. The number of pyridine rings is 1. The van der Waals surface area contributed by atoms with E-state index in [9.17, 15) is 0 Å². The van der Waals surface area contributed by atoms with E-state index >= 15 is 0 Å². The molecule has 0 saturated heterocycles. The molecule has 3 heteroatoms. The molecule has 0 aliphatic rings. The highest BCUT2D eigenvalue weighted by Gasteiger charge is 1.98. The van der Waals surface area contributed by atoms with Gasteiger partial charge in [-0.1, -0.05) is 0 Å². The Kier molecular flexibility index (Phi) is 3.20. The summed E-state index contributed by atoms with van der Waals surface area (Å²) in [6, 6.07) is 1.93. The number of rotatable bonds is 2. The molecule has 0 saturated carbocycles. The number of allylic oxidation sites excluding steroid dienone is 1. The van der Waals surface area contributed by atoms with Crippen molar-refractivity contribution in [1.29, 1.82) is 0 Å². The van der Waals surface area contributed by atoms with Crippen molar-refractivity contribution in [3.8, 4) is 0 Å². The van der Waals surface area contributed by atoms with Crippen LogP contribution in [0.4, 0.5) is 0 Å². The molecule has 3 nitrogen and oxygen atoms in total. The van der Waals surface area contributed by atoms with Crippen LogP contribution in [0.2, 0.25) is 0 Å². The van der Waals surface area contributed by atoms with Crippen LogP contribution in [0.3, 0.4) is 0 Å². The van der Waals surface area contributed by atoms with Gasteiger partial charge in [-0.3, -0.25) is 9.98 Å². The Morgan fingerprint density at radius 3 is 3.00 bits per heavy atom. The second-order valence-corrected chi connectivity index (χ2v) is 2.72. The van der Waals surface area contributed by atoms with Gasteiger partial charge in [0, 0.05) is 36.9 Å². The number of hydrogen-bond acceptors (Lipinski definition) is 3. The molecule has 0 radical (unpaired) electrons. The minimum absolute atomic E-state index is 0.691. The van der Waals surface area contributed by atoms with Crippen molar-refractivity contribution in [1.82, 2.24) is 4.98 Å². The lowest BCUT2D eigenvalue weighted by Gasteiger charge is -2.02. The molecule has 1 rings (SSSR count). The Morgan fingerprint density at radius 1 is 1.62 bits per heavy atom. The average molecular weight is 175 g/mol. The molecule has 0 spiro atoms. The van der Waals surface area contributed by atoms with Gasteiger partial charge in [-0.15, -0.1) is 0 Å². The van der Waals surface area contributed by atoms with Crippen molar-refractivity contribution in [3.05, 3.63) is 35.7 Å². The Hall–Kier alpha value is -1.64. The summed E-state index contributed by atoms with van der Waals surface area (Å²) < 4.78 is 0. The summed E-state index contributed by atoms with van der Waals surface area (Å²) in [7, 11) is 1.71. The van der Waals surface area contributed by atoms with Crippen LogP contribution in [0, 0.1) is 6.92 Å². The highest BCUT2D eigenvalue weighted by molar-refractivity contribution is 5.83. The summed E-state index contributed by atoms with van der Waals surface area (Å²) in [5.74, 6) is 0. The minimum Gasteiger partial charge on any atom is -0.398 e. The van der Waals surface area contributed by atoms with Crippen molar-refractivity contribution >= 4 is 11.9 Å². The Labute approximate surface area is 78.0 Å². The molecule has 1 heterocycles. The smallest absolute Gasteiger partial charge is 0.0421 e. The maximum absolute atomic E-state index is 5.81. The minimum atomic E-state index is 0.691.